The van der Waals surface area contributed by atoms with Gasteiger partial charge in [0.1, 0.15) is 24.7 Å². The van der Waals surface area contributed by atoms with E-state index in [9.17, 15) is 0 Å². The highest BCUT2D eigenvalue weighted by Gasteiger charge is 2.07. The predicted molar refractivity (Wildman–Crippen MR) is 116 cm³/mol. The van der Waals surface area contributed by atoms with Crippen LogP contribution in [0.5, 0.6) is 11.5 Å². The molecule has 28 heavy (non-hydrogen) atoms. The maximum Gasteiger partial charge on any atom is 0.127 e. The first-order valence-electron chi connectivity index (χ1n) is 11.1. The summed E-state index contributed by atoms with van der Waals surface area (Å²) in [4.78, 5) is 0. The van der Waals surface area contributed by atoms with Crippen molar-refractivity contribution in [2.75, 3.05) is 46.2 Å². The zero-order chi connectivity index (χ0) is 20.3. The first kappa shape index (κ1) is 24.7. The van der Waals surface area contributed by atoms with E-state index in [4.69, 9.17) is 18.9 Å². The molecule has 0 atom stereocenters. The molecule has 0 unspecified atom stereocenters. The number of benzene rings is 1. The summed E-state index contributed by atoms with van der Waals surface area (Å²) in [7, 11) is 0. The summed E-state index contributed by atoms with van der Waals surface area (Å²) in [5.74, 6) is 1.68. The average molecular weight is 396 g/mol. The minimum atomic E-state index is 0.542. The second-order valence-corrected chi connectivity index (χ2v) is 6.80. The molecule has 5 nitrogen and oxygen atoms in total. The molecule has 162 valence electrons. The van der Waals surface area contributed by atoms with Crippen LogP contribution >= 0.6 is 0 Å². The Bertz CT molecular complexity index is 482. The van der Waals surface area contributed by atoms with Crippen LogP contribution in [0.3, 0.4) is 0 Å². The summed E-state index contributed by atoms with van der Waals surface area (Å²) >= 11 is 0. The fourth-order valence-electron chi connectivity index (χ4n) is 2.88. The van der Waals surface area contributed by atoms with Crippen molar-refractivity contribution in [2.24, 2.45) is 0 Å². The minimum Gasteiger partial charge on any atom is -0.491 e. The smallest absolute Gasteiger partial charge is 0.127 e. The summed E-state index contributed by atoms with van der Waals surface area (Å²) in [6.45, 7) is 11.8. The van der Waals surface area contributed by atoms with Crippen molar-refractivity contribution in [3.05, 3.63) is 23.8 Å². The zero-order valence-electron chi connectivity index (χ0n) is 18.3. The van der Waals surface area contributed by atoms with Crippen molar-refractivity contribution >= 4 is 0 Å². The van der Waals surface area contributed by atoms with Crippen molar-refractivity contribution < 1.29 is 18.9 Å². The molecule has 1 aromatic rings. The van der Waals surface area contributed by atoms with Crippen LogP contribution in [0.1, 0.15) is 64.9 Å². The third-order valence-corrected chi connectivity index (χ3v) is 4.45. The first-order chi connectivity index (χ1) is 13.8. The van der Waals surface area contributed by atoms with Gasteiger partial charge in [0.2, 0.25) is 0 Å². The summed E-state index contributed by atoms with van der Waals surface area (Å²) in [5.41, 5.74) is 1.15. The molecule has 0 fully saturated rings. The van der Waals surface area contributed by atoms with Crippen molar-refractivity contribution in [3.63, 3.8) is 0 Å². The molecule has 0 bridgehead atoms. The highest BCUT2D eigenvalue weighted by molar-refractivity contribution is 5.40. The topological polar surface area (TPSA) is 49.0 Å². The van der Waals surface area contributed by atoms with Gasteiger partial charge in [-0.3, -0.25) is 0 Å². The Morgan fingerprint density at radius 2 is 1.43 bits per heavy atom. The SMILES string of the molecule is CCCCCCCCNCc1ccc(OCCOCC)cc1OCCOCC. The highest BCUT2D eigenvalue weighted by atomic mass is 16.5. The molecule has 0 spiro atoms. The van der Waals surface area contributed by atoms with Crippen LogP contribution in [0.25, 0.3) is 0 Å². The molecule has 0 aromatic heterocycles. The van der Waals surface area contributed by atoms with Gasteiger partial charge in [-0.2, -0.15) is 0 Å². The van der Waals surface area contributed by atoms with Crippen molar-refractivity contribution in [1.82, 2.24) is 5.32 Å². The van der Waals surface area contributed by atoms with Crippen LogP contribution in [0.2, 0.25) is 0 Å². The molecule has 0 radical (unpaired) electrons. The van der Waals surface area contributed by atoms with E-state index >= 15 is 0 Å². The molecular weight excluding hydrogens is 354 g/mol. The molecule has 0 aliphatic carbocycles. The molecule has 1 aromatic carbocycles. The van der Waals surface area contributed by atoms with E-state index in [1.165, 1.54) is 38.5 Å². The van der Waals surface area contributed by atoms with Crippen molar-refractivity contribution in [3.8, 4) is 11.5 Å². The maximum atomic E-state index is 5.95. The quantitative estimate of drug-likeness (QED) is 0.335. The van der Waals surface area contributed by atoms with Crippen LogP contribution in [-0.4, -0.2) is 46.2 Å². The second-order valence-electron chi connectivity index (χ2n) is 6.80. The number of unbranched alkanes of at least 4 members (excludes halogenated alkanes) is 5. The lowest BCUT2D eigenvalue weighted by Crippen LogP contribution is -2.16. The van der Waals surface area contributed by atoms with Gasteiger partial charge in [0.05, 0.1) is 13.2 Å². The summed E-state index contributed by atoms with van der Waals surface area (Å²) in [5, 5.41) is 3.54. The van der Waals surface area contributed by atoms with Gasteiger partial charge >= 0.3 is 0 Å². The van der Waals surface area contributed by atoms with Crippen LogP contribution < -0.4 is 14.8 Å². The molecular formula is C23H41NO4. The van der Waals surface area contributed by atoms with Gasteiger partial charge in [-0.05, 0) is 32.9 Å². The Morgan fingerprint density at radius 3 is 2.14 bits per heavy atom. The Labute approximate surface area is 172 Å². The van der Waals surface area contributed by atoms with Crippen molar-refractivity contribution in [2.45, 2.75) is 65.8 Å². The van der Waals surface area contributed by atoms with Gasteiger partial charge in [0, 0.05) is 31.4 Å². The van der Waals surface area contributed by atoms with Gasteiger partial charge in [-0.15, -0.1) is 0 Å². The van der Waals surface area contributed by atoms with E-state index < -0.39 is 0 Å². The Balaban J connectivity index is 2.44. The van der Waals surface area contributed by atoms with Crippen LogP contribution in [0, 0.1) is 0 Å². The number of hydrogen-bond acceptors (Lipinski definition) is 5. The lowest BCUT2D eigenvalue weighted by Gasteiger charge is -2.15. The third kappa shape index (κ3) is 12.2. The number of ether oxygens (including phenoxy) is 4. The number of hydrogen-bond donors (Lipinski definition) is 1. The zero-order valence-corrected chi connectivity index (χ0v) is 18.3. The van der Waals surface area contributed by atoms with Gasteiger partial charge in [0.15, 0.2) is 0 Å². The first-order valence-corrected chi connectivity index (χ1v) is 11.1. The molecule has 0 heterocycles. The van der Waals surface area contributed by atoms with E-state index in [1.54, 1.807) is 0 Å². The Hall–Kier alpha value is -1.30. The van der Waals surface area contributed by atoms with Crippen LogP contribution in [-0.2, 0) is 16.0 Å². The Morgan fingerprint density at radius 1 is 0.750 bits per heavy atom. The summed E-state index contributed by atoms with van der Waals surface area (Å²) < 4.78 is 22.4. The van der Waals surface area contributed by atoms with Crippen molar-refractivity contribution in [1.29, 1.82) is 0 Å². The molecule has 0 saturated heterocycles. The van der Waals surface area contributed by atoms with E-state index in [0.29, 0.717) is 39.6 Å². The maximum absolute atomic E-state index is 5.95. The molecule has 1 N–H and O–H groups in total. The molecule has 0 aliphatic rings. The highest BCUT2D eigenvalue weighted by Crippen LogP contribution is 2.25. The van der Waals surface area contributed by atoms with E-state index in [-0.39, 0.29) is 0 Å². The lowest BCUT2D eigenvalue weighted by atomic mass is 10.1. The van der Waals surface area contributed by atoms with Crippen LogP contribution in [0.15, 0.2) is 18.2 Å². The third-order valence-electron chi connectivity index (χ3n) is 4.45. The second kappa shape index (κ2) is 17.8. The van der Waals surface area contributed by atoms with Gasteiger partial charge in [-0.25, -0.2) is 0 Å². The fourth-order valence-corrected chi connectivity index (χ4v) is 2.88. The number of rotatable bonds is 19. The summed E-state index contributed by atoms with van der Waals surface area (Å²) in [6, 6.07) is 6.06. The van der Waals surface area contributed by atoms with E-state index in [2.05, 4.69) is 18.3 Å². The minimum absolute atomic E-state index is 0.542. The molecule has 5 heteroatoms. The van der Waals surface area contributed by atoms with Gasteiger partial charge in [-0.1, -0.05) is 45.1 Å². The molecule has 0 saturated carbocycles. The van der Waals surface area contributed by atoms with E-state index in [0.717, 1.165) is 30.2 Å². The average Bonchev–Trinajstić information content (AvgIpc) is 2.71. The lowest BCUT2D eigenvalue weighted by molar-refractivity contribution is 0.107. The Kier molecular flexibility index (Phi) is 15.7. The summed E-state index contributed by atoms with van der Waals surface area (Å²) in [6.07, 6.45) is 7.89. The van der Waals surface area contributed by atoms with Crippen LogP contribution in [0.4, 0.5) is 0 Å². The van der Waals surface area contributed by atoms with E-state index in [1.807, 2.05) is 26.0 Å². The van der Waals surface area contributed by atoms with Gasteiger partial charge in [0.25, 0.3) is 0 Å². The molecule has 0 aliphatic heterocycles. The van der Waals surface area contributed by atoms with Gasteiger partial charge < -0.3 is 24.3 Å². The fraction of sp³-hybridized carbons (Fsp3) is 0.739. The number of nitrogens with one attached hydrogen (secondary N) is 1. The largest absolute Gasteiger partial charge is 0.491 e. The standard InChI is InChI=1S/C23H41NO4/c1-4-7-8-9-10-11-14-24-20-21-12-13-22(27-17-15-25-5-2)19-23(21)28-18-16-26-6-3/h12-13,19,24H,4-11,14-18,20H2,1-3H3. The monoisotopic (exact) mass is 395 g/mol. The molecule has 1 rings (SSSR count). The molecule has 0 amide bonds. The normalized spacial score (nSPS) is 11.0. The predicted octanol–water partition coefficient (Wildman–Crippen LogP) is 4.97.